The lowest BCUT2D eigenvalue weighted by Gasteiger charge is -2.39. The van der Waals surface area contributed by atoms with E-state index in [0.29, 0.717) is 0 Å². The molecule has 1 aliphatic carbocycles. The third-order valence-electron chi connectivity index (χ3n) is 3.90. The Bertz CT molecular complexity index is 156. The molecule has 0 radical (unpaired) electrons. The SMILES string of the molecule is CCCNCC1(OC)CCC(CC)CC1. The molecule has 1 N–H and O–H groups in total. The summed E-state index contributed by atoms with van der Waals surface area (Å²) in [6.07, 6.45) is 7.70. The van der Waals surface area contributed by atoms with Crippen molar-refractivity contribution in [3.05, 3.63) is 0 Å². The van der Waals surface area contributed by atoms with Gasteiger partial charge in [0.1, 0.15) is 0 Å². The predicted octanol–water partition coefficient (Wildman–Crippen LogP) is 2.97. The van der Waals surface area contributed by atoms with E-state index in [0.717, 1.165) is 19.0 Å². The zero-order valence-corrected chi connectivity index (χ0v) is 10.6. The zero-order valence-electron chi connectivity index (χ0n) is 10.6. The number of methoxy groups -OCH3 is 1. The summed E-state index contributed by atoms with van der Waals surface area (Å²) < 4.78 is 5.76. The largest absolute Gasteiger partial charge is 0.377 e. The molecule has 0 heterocycles. The van der Waals surface area contributed by atoms with Crippen molar-refractivity contribution in [3.8, 4) is 0 Å². The quantitative estimate of drug-likeness (QED) is 0.685. The molecule has 0 spiro atoms. The maximum Gasteiger partial charge on any atom is 0.0802 e. The molecule has 0 aromatic rings. The molecule has 0 amide bonds. The van der Waals surface area contributed by atoms with Gasteiger partial charge in [-0.25, -0.2) is 0 Å². The molecular weight excluding hydrogens is 186 g/mol. The Balaban J connectivity index is 2.34. The van der Waals surface area contributed by atoms with Gasteiger partial charge in [0.15, 0.2) is 0 Å². The minimum Gasteiger partial charge on any atom is -0.377 e. The highest BCUT2D eigenvalue weighted by Gasteiger charge is 2.34. The molecular formula is C13H27NO. The standard InChI is InChI=1S/C13H27NO/c1-4-10-14-11-13(15-3)8-6-12(5-2)7-9-13/h12,14H,4-11H2,1-3H3. The molecule has 0 unspecified atom stereocenters. The monoisotopic (exact) mass is 213 g/mol. The van der Waals surface area contributed by atoms with Crippen molar-refractivity contribution in [3.63, 3.8) is 0 Å². The van der Waals surface area contributed by atoms with Gasteiger partial charge in [0, 0.05) is 13.7 Å². The topological polar surface area (TPSA) is 21.3 Å². The lowest BCUT2D eigenvalue weighted by atomic mass is 9.77. The summed E-state index contributed by atoms with van der Waals surface area (Å²) in [5, 5.41) is 3.50. The Morgan fingerprint density at radius 2 is 1.93 bits per heavy atom. The highest BCUT2D eigenvalue weighted by molar-refractivity contribution is 4.88. The molecule has 0 atom stereocenters. The van der Waals surface area contributed by atoms with Gasteiger partial charge in [-0.1, -0.05) is 20.3 Å². The molecule has 2 nitrogen and oxygen atoms in total. The van der Waals surface area contributed by atoms with Crippen LogP contribution in [0.5, 0.6) is 0 Å². The van der Waals surface area contributed by atoms with Crippen molar-refractivity contribution in [2.24, 2.45) is 5.92 Å². The molecule has 2 heteroatoms. The summed E-state index contributed by atoms with van der Waals surface area (Å²) in [6.45, 7) is 6.66. The predicted molar refractivity (Wildman–Crippen MR) is 65.1 cm³/mol. The third kappa shape index (κ3) is 3.76. The van der Waals surface area contributed by atoms with Gasteiger partial charge in [-0.15, -0.1) is 0 Å². The van der Waals surface area contributed by atoms with Gasteiger partial charge in [-0.05, 0) is 44.6 Å². The minimum absolute atomic E-state index is 0.140. The van der Waals surface area contributed by atoms with E-state index in [-0.39, 0.29) is 5.60 Å². The number of ether oxygens (including phenoxy) is 1. The van der Waals surface area contributed by atoms with E-state index >= 15 is 0 Å². The van der Waals surface area contributed by atoms with Crippen molar-refractivity contribution < 1.29 is 4.74 Å². The van der Waals surface area contributed by atoms with Gasteiger partial charge in [0.05, 0.1) is 5.60 Å². The van der Waals surface area contributed by atoms with Gasteiger partial charge in [-0.2, -0.15) is 0 Å². The molecule has 0 saturated heterocycles. The van der Waals surface area contributed by atoms with Crippen LogP contribution >= 0.6 is 0 Å². The summed E-state index contributed by atoms with van der Waals surface area (Å²) in [6, 6.07) is 0. The number of hydrogen-bond acceptors (Lipinski definition) is 2. The van der Waals surface area contributed by atoms with E-state index in [2.05, 4.69) is 19.2 Å². The van der Waals surface area contributed by atoms with Crippen LogP contribution in [-0.4, -0.2) is 25.8 Å². The second-order valence-corrected chi connectivity index (χ2v) is 4.92. The lowest BCUT2D eigenvalue weighted by molar-refractivity contribution is -0.0475. The van der Waals surface area contributed by atoms with Gasteiger partial charge >= 0.3 is 0 Å². The van der Waals surface area contributed by atoms with E-state index < -0.39 is 0 Å². The number of hydrogen-bond donors (Lipinski definition) is 1. The van der Waals surface area contributed by atoms with Crippen LogP contribution in [-0.2, 0) is 4.74 Å². The fourth-order valence-electron chi connectivity index (χ4n) is 2.56. The van der Waals surface area contributed by atoms with Crippen LogP contribution in [0.15, 0.2) is 0 Å². The Morgan fingerprint density at radius 1 is 1.27 bits per heavy atom. The second kappa shape index (κ2) is 6.49. The van der Waals surface area contributed by atoms with Crippen LogP contribution in [0.25, 0.3) is 0 Å². The first kappa shape index (κ1) is 13.0. The van der Waals surface area contributed by atoms with Crippen LogP contribution < -0.4 is 5.32 Å². The molecule has 0 aromatic heterocycles. The average Bonchev–Trinajstić information content (AvgIpc) is 2.30. The summed E-state index contributed by atoms with van der Waals surface area (Å²) >= 11 is 0. The average molecular weight is 213 g/mol. The fourth-order valence-corrected chi connectivity index (χ4v) is 2.56. The first-order valence-electron chi connectivity index (χ1n) is 6.52. The van der Waals surface area contributed by atoms with Crippen molar-refractivity contribution in [2.75, 3.05) is 20.2 Å². The Morgan fingerprint density at radius 3 is 2.40 bits per heavy atom. The van der Waals surface area contributed by atoms with Gasteiger partial charge in [0.25, 0.3) is 0 Å². The van der Waals surface area contributed by atoms with Crippen molar-refractivity contribution in [1.29, 1.82) is 0 Å². The van der Waals surface area contributed by atoms with E-state index in [1.165, 1.54) is 38.5 Å². The van der Waals surface area contributed by atoms with Crippen molar-refractivity contribution >= 4 is 0 Å². The molecule has 0 bridgehead atoms. The van der Waals surface area contributed by atoms with Crippen LogP contribution in [0.3, 0.4) is 0 Å². The molecule has 15 heavy (non-hydrogen) atoms. The molecule has 90 valence electrons. The van der Waals surface area contributed by atoms with E-state index in [9.17, 15) is 0 Å². The highest BCUT2D eigenvalue weighted by Crippen LogP contribution is 2.35. The Hall–Kier alpha value is -0.0800. The zero-order chi connectivity index (χ0) is 11.1. The molecule has 0 aromatic carbocycles. The number of rotatable bonds is 6. The number of nitrogens with one attached hydrogen (secondary N) is 1. The summed E-state index contributed by atoms with van der Waals surface area (Å²) in [7, 11) is 1.87. The normalized spacial score (nSPS) is 31.8. The summed E-state index contributed by atoms with van der Waals surface area (Å²) in [4.78, 5) is 0. The van der Waals surface area contributed by atoms with Crippen LogP contribution in [0.2, 0.25) is 0 Å². The molecule has 0 aliphatic heterocycles. The van der Waals surface area contributed by atoms with Crippen molar-refractivity contribution in [2.45, 2.75) is 58.0 Å². The van der Waals surface area contributed by atoms with Crippen molar-refractivity contribution in [1.82, 2.24) is 5.32 Å². The fraction of sp³-hybridized carbons (Fsp3) is 1.00. The first-order valence-corrected chi connectivity index (χ1v) is 6.52. The molecule has 1 fully saturated rings. The van der Waals surface area contributed by atoms with Gasteiger partial charge in [-0.3, -0.25) is 0 Å². The Kier molecular flexibility index (Phi) is 5.62. The lowest BCUT2D eigenvalue weighted by Crippen LogP contribution is -2.45. The van der Waals surface area contributed by atoms with E-state index in [1.54, 1.807) is 0 Å². The first-order chi connectivity index (χ1) is 7.26. The highest BCUT2D eigenvalue weighted by atomic mass is 16.5. The third-order valence-corrected chi connectivity index (χ3v) is 3.90. The molecule has 1 saturated carbocycles. The van der Waals surface area contributed by atoms with Crippen LogP contribution in [0.1, 0.15) is 52.4 Å². The summed E-state index contributed by atoms with van der Waals surface area (Å²) in [5.41, 5.74) is 0.140. The van der Waals surface area contributed by atoms with Gasteiger partial charge < -0.3 is 10.1 Å². The molecule has 1 aliphatic rings. The minimum atomic E-state index is 0.140. The van der Waals surface area contributed by atoms with Crippen LogP contribution in [0, 0.1) is 5.92 Å². The Labute approximate surface area is 94.8 Å². The molecule has 1 rings (SSSR count). The van der Waals surface area contributed by atoms with Crippen LogP contribution in [0.4, 0.5) is 0 Å². The van der Waals surface area contributed by atoms with E-state index in [4.69, 9.17) is 4.74 Å². The van der Waals surface area contributed by atoms with E-state index in [1.807, 2.05) is 7.11 Å². The second-order valence-electron chi connectivity index (χ2n) is 4.92. The van der Waals surface area contributed by atoms with Gasteiger partial charge in [0.2, 0.25) is 0 Å². The smallest absolute Gasteiger partial charge is 0.0802 e. The summed E-state index contributed by atoms with van der Waals surface area (Å²) in [5.74, 6) is 0.944. The maximum absolute atomic E-state index is 5.76. The maximum atomic E-state index is 5.76.